The first-order valence-corrected chi connectivity index (χ1v) is 7.59. The van der Waals surface area contributed by atoms with Crippen molar-refractivity contribution in [3.05, 3.63) is 48.3 Å². The van der Waals surface area contributed by atoms with Crippen molar-refractivity contribution in [2.75, 3.05) is 20.8 Å². The van der Waals surface area contributed by atoms with Gasteiger partial charge in [-0.2, -0.15) is 0 Å². The zero-order valence-corrected chi connectivity index (χ0v) is 13.6. The van der Waals surface area contributed by atoms with Gasteiger partial charge in [-0.25, -0.2) is 4.98 Å². The van der Waals surface area contributed by atoms with E-state index in [9.17, 15) is 0 Å². The number of rotatable bonds is 5. The lowest BCUT2D eigenvalue weighted by molar-refractivity contribution is 0.355. The minimum absolute atomic E-state index is 0.190. The van der Waals surface area contributed by atoms with Crippen molar-refractivity contribution in [2.45, 2.75) is 12.8 Å². The number of nitrogens with zero attached hydrogens (tertiary/aromatic N) is 2. The molecule has 3 aromatic rings. The molecule has 2 heterocycles. The summed E-state index contributed by atoms with van der Waals surface area (Å²) in [7, 11) is 3.26. The molecule has 1 unspecified atom stereocenters. The fourth-order valence-corrected chi connectivity index (χ4v) is 2.79. The van der Waals surface area contributed by atoms with Crippen LogP contribution in [-0.2, 0) is 0 Å². The van der Waals surface area contributed by atoms with Gasteiger partial charge in [-0.3, -0.25) is 0 Å². The topological polar surface area (TPSA) is 61.8 Å². The van der Waals surface area contributed by atoms with E-state index in [0.717, 1.165) is 22.6 Å². The van der Waals surface area contributed by atoms with Gasteiger partial charge in [0, 0.05) is 24.2 Å². The Morgan fingerprint density at radius 2 is 1.91 bits per heavy atom. The Morgan fingerprint density at radius 3 is 2.61 bits per heavy atom. The number of hydrogen-bond acceptors (Lipinski definition) is 4. The van der Waals surface area contributed by atoms with Crippen molar-refractivity contribution in [1.82, 2.24) is 9.38 Å². The average Bonchev–Trinajstić information content (AvgIpc) is 2.99. The van der Waals surface area contributed by atoms with Crippen molar-refractivity contribution in [1.29, 1.82) is 0 Å². The van der Waals surface area contributed by atoms with E-state index in [1.807, 2.05) is 42.6 Å². The minimum atomic E-state index is 0.190. The lowest BCUT2D eigenvalue weighted by Crippen LogP contribution is -2.12. The number of aromatic nitrogens is 2. The Labute approximate surface area is 135 Å². The highest BCUT2D eigenvalue weighted by molar-refractivity contribution is 5.70. The number of pyridine rings is 1. The molecule has 0 amide bonds. The minimum Gasteiger partial charge on any atom is -0.493 e. The Kier molecular flexibility index (Phi) is 4.21. The lowest BCUT2D eigenvalue weighted by atomic mass is 10.0. The van der Waals surface area contributed by atoms with Gasteiger partial charge in [0.05, 0.1) is 25.6 Å². The molecule has 0 spiro atoms. The van der Waals surface area contributed by atoms with Crippen LogP contribution in [0, 0.1) is 0 Å². The largest absolute Gasteiger partial charge is 0.493 e. The van der Waals surface area contributed by atoms with E-state index < -0.39 is 0 Å². The SMILES string of the molecule is COc1ccc(-c2nc3ccccn3c2C(C)CN)cc1OC. The predicted octanol–water partition coefficient (Wildman–Crippen LogP) is 3.08. The van der Waals surface area contributed by atoms with Crippen LogP contribution >= 0.6 is 0 Å². The number of benzene rings is 1. The molecule has 120 valence electrons. The maximum Gasteiger partial charge on any atom is 0.161 e. The summed E-state index contributed by atoms with van der Waals surface area (Å²) in [4.78, 5) is 4.79. The lowest BCUT2D eigenvalue weighted by Gasteiger charge is -2.13. The van der Waals surface area contributed by atoms with E-state index in [2.05, 4.69) is 11.3 Å². The van der Waals surface area contributed by atoms with E-state index in [1.54, 1.807) is 14.2 Å². The first kappa shape index (κ1) is 15.4. The predicted molar refractivity (Wildman–Crippen MR) is 91.2 cm³/mol. The van der Waals surface area contributed by atoms with Gasteiger partial charge in [0.15, 0.2) is 11.5 Å². The van der Waals surface area contributed by atoms with Crippen molar-refractivity contribution >= 4 is 5.65 Å². The highest BCUT2D eigenvalue weighted by atomic mass is 16.5. The van der Waals surface area contributed by atoms with Crippen molar-refractivity contribution < 1.29 is 9.47 Å². The summed E-state index contributed by atoms with van der Waals surface area (Å²) in [6, 6.07) is 11.8. The molecule has 0 bridgehead atoms. The van der Waals surface area contributed by atoms with E-state index in [0.29, 0.717) is 18.0 Å². The molecule has 5 heteroatoms. The molecule has 1 aromatic carbocycles. The van der Waals surface area contributed by atoms with E-state index in [-0.39, 0.29) is 5.92 Å². The van der Waals surface area contributed by atoms with Gasteiger partial charge in [0.25, 0.3) is 0 Å². The zero-order valence-electron chi connectivity index (χ0n) is 13.6. The third kappa shape index (κ3) is 2.64. The summed E-state index contributed by atoms with van der Waals surface area (Å²) in [6.45, 7) is 2.67. The molecule has 3 rings (SSSR count). The van der Waals surface area contributed by atoms with Crippen molar-refractivity contribution in [3.63, 3.8) is 0 Å². The molecule has 0 radical (unpaired) electrons. The van der Waals surface area contributed by atoms with Crippen LogP contribution in [0.2, 0.25) is 0 Å². The standard InChI is InChI=1S/C18H21N3O2/c1-12(11-19)18-17(20-16-6-4-5-9-21(16)18)13-7-8-14(22-2)15(10-13)23-3/h4-10,12H,11,19H2,1-3H3. The summed E-state index contributed by atoms with van der Waals surface area (Å²) in [6.07, 6.45) is 2.02. The average molecular weight is 311 g/mol. The van der Waals surface area contributed by atoms with Gasteiger partial charge in [0.1, 0.15) is 5.65 Å². The molecule has 2 N–H and O–H groups in total. The third-order valence-corrected chi connectivity index (χ3v) is 4.04. The number of fused-ring (bicyclic) bond motifs is 1. The monoisotopic (exact) mass is 311 g/mol. The number of hydrogen-bond donors (Lipinski definition) is 1. The molecule has 0 aliphatic rings. The van der Waals surface area contributed by atoms with Gasteiger partial charge in [-0.05, 0) is 30.3 Å². The van der Waals surface area contributed by atoms with E-state index in [1.165, 1.54) is 0 Å². The van der Waals surface area contributed by atoms with Crippen LogP contribution in [0.1, 0.15) is 18.5 Å². The quantitative estimate of drug-likeness (QED) is 0.786. The van der Waals surface area contributed by atoms with Crippen LogP contribution in [-0.4, -0.2) is 30.1 Å². The summed E-state index contributed by atoms with van der Waals surface area (Å²) in [5, 5.41) is 0. The van der Waals surface area contributed by atoms with Crippen molar-refractivity contribution in [3.8, 4) is 22.8 Å². The fraction of sp³-hybridized carbons (Fsp3) is 0.278. The fourth-order valence-electron chi connectivity index (χ4n) is 2.79. The second kappa shape index (κ2) is 6.30. The smallest absolute Gasteiger partial charge is 0.161 e. The first-order valence-electron chi connectivity index (χ1n) is 7.59. The van der Waals surface area contributed by atoms with Crippen LogP contribution in [0.15, 0.2) is 42.6 Å². The molecule has 5 nitrogen and oxygen atoms in total. The highest BCUT2D eigenvalue weighted by Crippen LogP contribution is 2.35. The van der Waals surface area contributed by atoms with Crippen molar-refractivity contribution in [2.24, 2.45) is 5.73 Å². The van der Waals surface area contributed by atoms with Gasteiger partial charge in [-0.1, -0.05) is 13.0 Å². The molecule has 0 aliphatic carbocycles. The second-order valence-electron chi connectivity index (χ2n) is 5.48. The first-order chi connectivity index (χ1) is 11.2. The number of imidazole rings is 1. The van der Waals surface area contributed by atoms with Crippen LogP contribution in [0.25, 0.3) is 16.9 Å². The summed E-state index contributed by atoms with van der Waals surface area (Å²) < 4.78 is 12.8. The number of nitrogens with two attached hydrogens (primary N) is 1. The Bertz CT molecular complexity index is 826. The summed E-state index contributed by atoms with van der Waals surface area (Å²) in [5.74, 6) is 1.58. The molecule has 2 aromatic heterocycles. The maximum absolute atomic E-state index is 5.92. The van der Waals surface area contributed by atoms with Crippen LogP contribution in [0.5, 0.6) is 11.5 Å². The molecule has 0 fully saturated rings. The normalized spacial score (nSPS) is 12.3. The Morgan fingerprint density at radius 1 is 1.13 bits per heavy atom. The third-order valence-electron chi connectivity index (χ3n) is 4.04. The number of methoxy groups -OCH3 is 2. The van der Waals surface area contributed by atoms with Crippen LogP contribution in [0.4, 0.5) is 0 Å². The van der Waals surface area contributed by atoms with Gasteiger partial charge < -0.3 is 19.6 Å². The zero-order chi connectivity index (χ0) is 16.4. The van der Waals surface area contributed by atoms with Gasteiger partial charge in [0.2, 0.25) is 0 Å². The highest BCUT2D eigenvalue weighted by Gasteiger charge is 2.19. The number of ether oxygens (including phenoxy) is 2. The molecule has 0 saturated carbocycles. The van der Waals surface area contributed by atoms with Gasteiger partial charge >= 0.3 is 0 Å². The molecule has 23 heavy (non-hydrogen) atoms. The summed E-state index contributed by atoms with van der Waals surface area (Å²) in [5.41, 5.74) is 9.85. The molecule has 0 saturated heterocycles. The van der Waals surface area contributed by atoms with Crippen LogP contribution in [0.3, 0.4) is 0 Å². The van der Waals surface area contributed by atoms with E-state index >= 15 is 0 Å². The summed E-state index contributed by atoms with van der Waals surface area (Å²) >= 11 is 0. The van der Waals surface area contributed by atoms with Gasteiger partial charge in [-0.15, -0.1) is 0 Å². The maximum atomic E-state index is 5.92. The molecular weight excluding hydrogens is 290 g/mol. The molecule has 1 atom stereocenters. The molecular formula is C18H21N3O2. The Hall–Kier alpha value is -2.53. The van der Waals surface area contributed by atoms with E-state index in [4.69, 9.17) is 20.2 Å². The van der Waals surface area contributed by atoms with Crippen LogP contribution < -0.4 is 15.2 Å². The molecule has 0 aliphatic heterocycles. The second-order valence-corrected chi connectivity index (χ2v) is 5.48. The Balaban J connectivity index is 2.23.